The van der Waals surface area contributed by atoms with Crippen LogP contribution in [0, 0.1) is 0 Å². The standard InChI is InChI=1S/C13H17N3O3S2/c1-2-15-9-11(8-14-15)12-10-16(5-6-19-12)21(17,18)13-4-3-7-20-13/h3-4,7-9,12H,2,5-6,10H2,1H3/t12-/m1/s1. The molecule has 6 nitrogen and oxygen atoms in total. The van der Waals surface area contributed by atoms with E-state index in [1.54, 1.807) is 23.7 Å². The van der Waals surface area contributed by atoms with Crippen LogP contribution < -0.4 is 0 Å². The third kappa shape index (κ3) is 2.89. The van der Waals surface area contributed by atoms with Crippen LogP contribution in [0.15, 0.2) is 34.1 Å². The van der Waals surface area contributed by atoms with Crippen LogP contribution in [0.5, 0.6) is 0 Å². The van der Waals surface area contributed by atoms with Gasteiger partial charge in [-0.05, 0) is 18.4 Å². The number of nitrogens with zero attached hydrogens (tertiary/aromatic N) is 3. The summed E-state index contributed by atoms with van der Waals surface area (Å²) in [6, 6.07) is 3.39. The Balaban J connectivity index is 1.80. The van der Waals surface area contributed by atoms with Crippen LogP contribution in [0.1, 0.15) is 18.6 Å². The molecule has 0 saturated carbocycles. The zero-order valence-electron chi connectivity index (χ0n) is 11.7. The van der Waals surface area contributed by atoms with Crippen molar-refractivity contribution in [2.45, 2.75) is 23.8 Å². The number of hydrogen-bond acceptors (Lipinski definition) is 5. The van der Waals surface area contributed by atoms with Gasteiger partial charge in [0, 0.05) is 31.4 Å². The second-order valence-corrected chi connectivity index (χ2v) is 7.90. The fourth-order valence-electron chi connectivity index (χ4n) is 2.30. The molecule has 3 rings (SSSR count). The van der Waals surface area contributed by atoms with Gasteiger partial charge in [-0.1, -0.05) is 6.07 Å². The Morgan fingerprint density at radius 2 is 2.38 bits per heavy atom. The Morgan fingerprint density at radius 3 is 3.05 bits per heavy atom. The number of morpholine rings is 1. The van der Waals surface area contributed by atoms with Crippen molar-refractivity contribution in [1.29, 1.82) is 0 Å². The molecule has 0 spiro atoms. The molecule has 1 aliphatic rings. The van der Waals surface area contributed by atoms with Crippen LogP contribution in [0.2, 0.25) is 0 Å². The molecule has 0 amide bonds. The highest BCUT2D eigenvalue weighted by Crippen LogP contribution is 2.27. The molecular formula is C13H17N3O3S2. The van der Waals surface area contributed by atoms with E-state index in [9.17, 15) is 8.42 Å². The van der Waals surface area contributed by atoms with Gasteiger partial charge in [0.1, 0.15) is 4.21 Å². The number of hydrogen-bond donors (Lipinski definition) is 0. The molecule has 0 radical (unpaired) electrons. The minimum Gasteiger partial charge on any atom is -0.371 e. The van der Waals surface area contributed by atoms with Crippen molar-refractivity contribution < 1.29 is 13.2 Å². The second kappa shape index (κ2) is 5.88. The maximum atomic E-state index is 12.5. The molecule has 1 fully saturated rings. The lowest BCUT2D eigenvalue weighted by molar-refractivity contribution is -0.00254. The van der Waals surface area contributed by atoms with Gasteiger partial charge in [0.2, 0.25) is 0 Å². The first-order chi connectivity index (χ1) is 10.1. The molecule has 1 atom stereocenters. The van der Waals surface area contributed by atoms with Gasteiger partial charge in [-0.15, -0.1) is 11.3 Å². The van der Waals surface area contributed by atoms with Gasteiger partial charge in [-0.25, -0.2) is 8.42 Å². The molecule has 2 aromatic heterocycles. The number of aromatic nitrogens is 2. The highest BCUT2D eigenvalue weighted by molar-refractivity contribution is 7.91. The van der Waals surface area contributed by atoms with Crippen LogP contribution in [-0.4, -0.2) is 42.2 Å². The van der Waals surface area contributed by atoms with Gasteiger partial charge < -0.3 is 4.74 Å². The van der Waals surface area contributed by atoms with Gasteiger partial charge in [0.05, 0.1) is 18.9 Å². The van der Waals surface area contributed by atoms with Crippen LogP contribution in [0.3, 0.4) is 0 Å². The third-order valence-electron chi connectivity index (χ3n) is 3.47. The second-order valence-electron chi connectivity index (χ2n) is 4.78. The van der Waals surface area contributed by atoms with Crippen molar-refractivity contribution in [1.82, 2.24) is 14.1 Å². The molecule has 0 N–H and O–H groups in total. The van der Waals surface area contributed by atoms with Crippen LogP contribution in [-0.2, 0) is 21.3 Å². The van der Waals surface area contributed by atoms with E-state index in [1.165, 1.54) is 15.6 Å². The molecule has 114 valence electrons. The molecule has 1 aliphatic heterocycles. The lowest BCUT2D eigenvalue weighted by atomic mass is 10.2. The van der Waals surface area contributed by atoms with E-state index in [0.29, 0.717) is 23.9 Å². The van der Waals surface area contributed by atoms with Crippen molar-refractivity contribution in [2.75, 3.05) is 19.7 Å². The van der Waals surface area contributed by atoms with E-state index in [-0.39, 0.29) is 6.10 Å². The Labute approximate surface area is 128 Å². The predicted octanol–water partition coefficient (Wildman–Crippen LogP) is 1.73. The normalized spacial score (nSPS) is 20.7. The highest BCUT2D eigenvalue weighted by Gasteiger charge is 2.32. The predicted molar refractivity (Wildman–Crippen MR) is 79.7 cm³/mol. The van der Waals surface area contributed by atoms with E-state index in [4.69, 9.17) is 4.74 Å². The fraction of sp³-hybridized carbons (Fsp3) is 0.462. The van der Waals surface area contributed by atoms with Gasteiger partial charge >= 0.3 is 0 Å². The molecule has 8 heteroatoms. The average molecular weight is 327 g/mol. The number of thiophene rings is 1. The van der Waals surface area contributed by atoms with Crippen LogP contribution in [0.4, 0.5) is 0 Å². The van der Waals surface area contributed by atoms with Gasteiger partial charge in [0.15, 0.2) is 0 Å². The third-order valence-corrected chi connectivity index (χ3v) is 6.71. The van der Waals surface area contributed by atoms with Crippen molar-refractivity contribution in [3.05, 3.63) is 35.5 Å². The lowest BCUT2D eigenvalue weighted by Gasteiger charge is -2.31. The van der Waals surface area contributed by atoms with Crippen molar-refractivity contribution >= 4 is 21.4 Å². The molecule has 0 unspecified atom stereocenters. The maximum Gasteiger partial charge on any atom is 0.252 e. The first-order valence-corrected chi connectivity index (χ1v) is 9.11. The number of rotatable bonds is 4. The lowest BCUT2D eigenvalue weighted by Crippen LogP contribution is -2.41. The summed E-state index contributed by atoms with van der Waals surface area (Å²) < 4.78 is 34.5. The van der Waals surface area contributed by atoms with Crippen molar-refractivity contribution in [3.63, 3.8) is 0 Å². The van der Waals surface area contributed by atoms with E-state index < -0.39 is 10.0 Å². The summed E-state index contributed by atoms with van der Waals surface area (Å²) in [5.74, 6) is 0. The fourth-order valence-corrected chi connectivity index (χ4v) is 4.87. The first kappa shape index (κ1) is 14.7. The summed E-state index contributed by atoms with van der Waals surface area (Å²) in [7, 11) is -3.41. The summed E-state index contributed by atoms with van der Waals surface area (Å²) in [4.78, 5) is 0. The summed E-state index contributed by atoms with van der Waals surface area (Å²) in [5, 5.41) is 5.99. The van der Waals surface area contributed by atoms with Gasteiger partial charge in [0.25, 0.3) is 10.0 Å². The van der Waals surface area contributed by atoms with E-state index >= 15 is 0 Å². The van der Waals surface area contributed by atoms with E-state index in [0.717, 1.165) is 12.1 Å². The van der Waals surface area contributed by atoms with Crippen molar-refractivity contribution in [3.8, 4) is 0 Å². The van der Waals surface area contributed by atoms with E-state index in [1.807, 2.05) is 17.8 Å². The molecular weight excluding hydrogens is 310 g/mol. The molecule has 3 heterocycles. The van der Waals surface area contributed by atoms with Crippen LogP contribution >= 0.6 is 11.3 Å². The molecule has 0 bridgehead atoms. The number of sulfonamides is 1. The average Bonchev–Trinajstić information content (AvgIpc) is 3.19. The molecule has 0 aliphatic carbocycles. The van der Waals surface area contributed by atoms with Gasteiger partial charge in [-0.2, -0.15) is 9.40 Å². The SMILES string of the molecule is CCn1cc([C@H]2CN(S(=O)(=O)c3cccs3)CCO2)cn1. The van der Waals surface area contributed by atoms with Crippen molar-refractivity contribution in [2.24, 2.45) is 0 Å². The van der Waals surface area contributed by atoms with E-state index in [2.05, 4.69) is 5.10 Å². The Bertz CT molecular complexity index is 694. The summed E-state index contributed by atoms with van der Waals surface area (Å²) in [6.45, 7) is 3.90. The van der Waals surface area contributed by atoms with Crippen LogP contribution in [0.25, 0.3) is 0 Å². The largest absolute Gasteiger partial charge is 0.371 e. The minimum absolute atomic E-state index is 0.256. The molecule has 21 heavy (non-hydrogen) atoms. The highest BCUT2D eigenvalue weighted by atomic mass is 32.2. The zero-order valence-corrected chi connectivity index (χ0v) is 13.3. The minimum atomic E-state index is -3.41. The quantitative estimate of drug-likeness (QED) is 0.858. The Hall–Kier alpha value is -1.22. The number of ether oxygens (including phenoxy) is 1. The summed E-state index contributed by atoms with van der Waals surface area (Å²) in [5.41, 5.74) is 0.919. The summed E-state index contributed by atoms with van der Waals surface area (Å²) >= 11 is 1.24. The van der Waals surface area contributed by atoms with Gasteiger partial charge in [-0.3, -0.25) is 4.68 Å². The molecule has 2 aromatic rings. The Morgan fingerprint density at radius 1 is 1.52 bits per heavy atom. The smallest absolute Gasteiger partial charge is 0.252 e. The molecule has 0 aromatic carbocycles. The number of aryl methyl sites for hydroxylation is 1. The summed E-state index contributed by atoms with van der Waals surface area (Å²) in [6.07, 6.45) is 3.40. The zero-order chi connectivity index (χ0) is 14.9. The Kier molecular flexibility index (Phi) is 4.12. The molecule has 1 saturated heterocycles. The maximum absolute atomic E-state index is 12.5. The topological polar surface area (TPSA) is 64.4 Å². The first-order valence-electron chi connectivity index (χ1n) is 6.79. The monoisotopic (exact) mass is 327 g/mol.